The molecule has 6 nitrogen and oxygen atoms in total. The molecule has 3 heterocycles. The smallest absolute Gasteiger partial charge is 0.186 e. The standard InChI is InChI=1S/C19H27FN6/c1-13(2)18-21-8-5-16(24-18)26-9-6-15(7-10-26)11-25(4)19-17(20)14(3)22-12-23-19/h5,8,12-13,15H,6-7,9-11H2,1-4H3. The van der Waals surface area contributed by atoms with Gasteiger partial charge in [-0.2, -0.15) is 0 Å². The zero-order valence-electron chi connectivity index (χ0n) is 16.0. The summed E-state index contributed by atoms with van der Waals surface area (Å²) in [5, 5.41) is 0. The second kappa shape index (κ2) is 7.93. The lowest BCUT2D eigenvalue weighted by Crippen LogP contribution is -2.38. The molecule has 0 aromatic carbocycles. The number of rotatable bonds is 5. The Morgan fingerprint density at radius 2 is 1.96 bits per heavy atom. The van der Waals surface area contributed by atoms with Gasteiger partial charge >= 0.3 is 0 Å². The number of piperidine rings is 1. The molecule has 0 spiro atoms. The molecule has 26 heavy (non-hydrogen) atoms. The summed E-state index contributed by atoms with van der Waals surface area (Å²) in [6, 6.07) is 1.98. The van der Waals surface area contributed by atoms with Gasteiger partial charge in [-0.25, -0.2) is 24.3 Å². The van der Waals surface area contributed by atoms with Crippen LogP contribution in [0.2, 0.25) is 0 Å². The maximum Gasteiger partial charge on any atom is 0.186 e. The van der Waals surface area contributed by atoms with E-state index in [4.69, 9.17) is 0 Å². The molecular formula is C19H27FN6. The summed E-state index contributed by atoms with van der Waals surface area (Å²) in [6.07, 6.45) is 5.38. The molecule has 0 saturated carbocycles. The Morgan fingerprint density at radius 1 is 1.23 bits per heavy atom. The van der Waals surface area contributed by atoms with Gasteiger partial charge in [0.1, 0.15) is 18.0 Å². The fraction of sp³-hybridized carbons (Fsp3) is 0.579. The van der Waals surface area contributed by atoms with Crippen molar-refractivity contribution in [2.24, 2.45) is 5.92 Å². The van der Waals surface area contributed by atoms with Crippen molar-refractivity contribution < 1.29 is 4.39 Å². The van der Waals surface area contributed by atoms with Gasteiger partial charge in [-0.1, -0.05) is 13.8 Å². The van der Waals surface area contributed by atoms with Gasteiger partial charge in [0.2, 0.25) is 0 Å². The molecule has 2 aromatic heterocycles. The molecule has 0 unspecified atom stereocenters. The van der Waals surface area contributed by atoms with E-state index < -0.39 is 0 Å². The summed E-state index contributed by atoms with van der Waals surface area (Å²) in [7, 11) is 1.90. The van der Waals surface area contributed by atoms with Gasteiger partial charge in [0.05, 0.1) is 5.69 Å². The van der Waals surface area contributed by atoms with Crippen LogP contribution in [-0.4, -0.2) is 46.6 Å². The van der Waals surface area contributed by atoms with Crippen molar-refractivity contribution in [3.8, 4) is 0 Å². The first-order chi connectivity index (χ1) is 12.5. The van der Waals surface area contributed by atoms with E-state index in [2.05, 4.69) is 38.7 Å². The van der Waals surface area contributed by atoms with E-state index in [0.717, 1.165) is 44.1 Å². The summed E-state index contributed by atoms with van der Waals surface area (Å²) < 4.78 is 14.2. The highest BCUT2D eigenvalue weighted by Crippen LogP contribution is 2.25. The Labute approximate surface area is 154 Å². The first kappa shape index (κ1) is 18.5. The molecule has 0 radical (unpaired) electrons. The van der Waals surface area contributed by atoms with Crippen molar-refractivity contribution in [2.45, 2.75) is 39.5 Å². The van der Waals surface area contributed by atoms with Crippen molar-refractivity contribution in [1.29, 1.82) is 0 Å². The molecule has 1 aliphatic rings. The van der Waals surface area contributed by atoms with Crippen LogP contribution >= 0.6 is 0 Å². The van der Waals surface area contributed by atoms with E-state index in [9.17, 15) is 4.39 Å². The van der Waals surface area contributed by atoms with Gasteiger partial charge in [0.15, 0.2) is 11.6 Å². The maximum absolute atomic E-state index is 14.2. The van der Waals surface area contributed by atoms with Crippen LogP contribution in [0.5, 0.6) is 0 Å². The van der Waals surface area contributed by atoms with Crippen LogP contribution in [0.1, 0.15) is 44.1 Å². The predicted molar refractivity (Wildman–Crippen MR) is 101 cm³/mol. The monoisotopic (exact) mass is 358 g/mol. The average molecular weight is 358 g/mol. The second-order valence-corrected chi connectivity index (χ2v) is 7.34. The third-order valence-electron chi connectivity index (χ3n) is 4.95. The molecule has 1 saturated heterocycles. The lowest BCUT2D eigenvalue weighted by Gasteiger charge is -2.35. The summed E-state index contributed by atoms with van der Waals surface area (Å²) in [5.74, 6) is 2.79. The van der Waals surface area contributed by atoms with Crippen LogP contribution in [0.25, 0.3) is 0 Å². The number of aryl methyl sites for hydroxylation is 1. The molecule has 1 aliphatic heterocycles. The van der Waals surface area contributed by atoms with Crippen molar-refractivity contribution >= 4 is 11.6 Å². The highest BCUT2D eigenvalue weighted by Gasteiger charge is 2.23. The van der Waals surface area contributed by atoms with Gasteiger partial charge in [-0.05, 0) is 31.7 Å². The first-order valence-electron chi connectivity index (χ1n) is 9.21. The molecule has 140 valence electrons. The zero-order chi connectivity index (χ0) is 18.7. The summed E-state index contributed by atoms with van der Waals surface area (Å²) in [4.78, 5) is 21.3. The van der Waals surface area contributed by atoms with E-state index in [0.29, 0.717) is 23.3 Å². The molecule has 0 N–H and O–H groups in total. The molecule has 0 aliphatic carbocycles. The topological polar surface area (TPSA) is 58.0 Å². The summed E-state index contributed by atoms with van der Waals surface area (Å²) >= 11 is 0. The van der Waals surface area contributed by atoms with Gasteiger partial charge in [0.25, 0.3) is 0 Å². The van der Waals surface area contributed by atoms with E-state index >= 15 is 0 Å². The van der Waals surface area contributed by atoms with Crippen LogP contribution < -0.4 is 9.80 Å². The fourth-order valence-corrected chi connectivity index (χ4v) is 3.35. The number of nitrogens with zero attached hydrogens (tertiary/aromatic N) is 6. The van der Waals surface area contributed by atoms with Crippen molar-refractivity contribution in [3.63, 3.8) is 0 Å². The van der Waals surface area contributed by atoms with Crippen LogP contribution in [0.3, 0.4) is 0 Å². The molecular weight excluding hydrogens is 331 g/mol. The van der Waals surface area contributed by atoms with Crippen LogP contribution in [-0.2, 0) is 0 Å². The minimum atomic E-state index is -0.324. The van der Waals surface area contributed by atoms with E-state index in [1.165, 1.54) is 6.33 Å². The second-order valence-electron chi connectivity index (χ2n) is 7.34. The average Bonchev–Trinajstić information content (AvgIpc) is 2.64. The number of hydrogen-bond acceptors (Lipinski definition) is 6. The fourth-order valence-electron chi connectivity index (χ4n) is 3.35. The molecule has 0 bridgehead atoms. The van der Waals surface area contributed by atoms with Gasteiger partial charge < -0.3 is 9.80 Å². The van der Waals surface area contributed by atoms with E-state index in [1.54, 1.807) is 6.92 Å². The summed E-state index contributed by atoms with van der Waals surface area (Å²) in [6.45, 7) is 8.59. The Morgan fingerprint density at radius 3 is 2.65 bits per heavy atom. The minimum absolute atomic E-state index is 0.324. The molecule has 7 heteroatoms. The Balaban J connectivity index is 1.58. The van der Waals surface area contributed by atoms with Gasteiger partial charge in [-0.3, -0.25) is 0 Å². The number of anilines is 2. The number of aromatic nitrogens is 4. The van der Waals surface area contributed by atoms with Crippen molar-refractivity contribution in [3.05, 3.63) is 35.9 Å². The third kappa shape index (κ3) is 4.08. The lowest BCUT2D eigenvalue weighted by atomic mass is 9.96. The zero-order valence-corrected chi connectivity index (χ0v) is 16.0. The van der Waals surface area contributed by atoms with Gasteiger partial charge in [-0.15, -0.1) is 0 Å². The highest BCUT2D eigenvalue weighted by molar-refractivity contribution is 5.40. The number of halogens is 1. The molecule has 3 rings (SSSR count). The summed E-state index contributed by atoms with van der Waals surface area (Å²) in [5.41, 5.74) is 0.390. The van der Waals surface area contributed by atoms with Crippen LogP contribution in [0.4, 0.5) is 16.0 Å². The maximum atomic E-state index is 14.2. The van der Waals surface area contributed by atoms with Crippen LogP contribution in [0.15, 0.2) is 18.6 Å². The molecule has 0 amide bonds. The normalized spacial score (nSPS) is 15.5. The Bertz CT molecular complexity index is 743. The van der Waals surface area contributed by atoms with Gasteiger partial charge in [0, 0.05) is 38.8 Å². The quantitative estimate of drug-likeness (QED) is 0.818. The third-order valence-corrected chi connectivity index (χ3v) is 4.95. The van der Waals surface area contributed by atoms with E-state index in [-0.39, 0.29) is 5.82 Å². The van der Waals surface area contributed by atoms with Crippen LogP contribution in [0, 0.1) is 18.7 Å². The Hall–Kier alpha value is -2.31. The first-order valence-corrected chi connectivity index (χ1v) is 9.21. The Kier molecular flexibility index (Phi) is 5.64. The predicted octanol–water partition coefficient (Wildman–Crippen LogP) is 3.19. The van der Waals surface area contributed by atoms with Crippen molar-refractivity contribution in [1.82, 2.24) is 19.9 Å². The lowest BCUT2D eigenvalue weighted by molar-refractivity contribution is 0.404. The van der Waals surface area contributed by atoms with E-state index in [1.807, 2.05) is 24.2 Å². The highest BCUT2D eigenvalue weighted by atomic mass is 19.1. The largest absolute Gasteiger partial charge is 0.357 e. The van der Waals surface area contributed by atoms with Crippen molar-refractivity contribution in [2.75, 3.05) is 36.5 Å². The minimum Gasteiger partial charge on any atom is -0.357 e. The molecule has 1 fully saturated rings. The SMILES string of the molecule is Cc1ncnc(N(C)CC2CCN(c3ccnc(C(C)C)n3)CC2)c1F. The number of hydrogen-bond donors (Lipinski definition) is 0. The molecule has 0 atom stereocenters. The molecule has 2 aromatic rings.